The number of nitrogens with one attached hydrogen (secondary N) is 1. The number of sulfonamides is 1. The summed E-state index contributed by atoms with van der Waals surface area (Å²) in [5.41, 5.74) is 0.394. The van der Waals surface area contributed by atoms with Crippen molar-refractivity contribution in [3.63, 3.8) is 0 Å². The maximum atomic E-state index is 12.7. The molecule has 0 atom stereocenters. The first-order valence-corrected chi connectivity index (χ1v) is 10.2. The Morgan fingerprint density at radius 3 is 2.50 bits per heavy atom. The third kappa shape index (κ3) is 3.81. The van der Waals surface area contributed by atoms with Crippen molar-refractivity contribution in [2.45, 2.75) is 30.2 Å². The fourth-order valence-electron chi connectivity index (χ4n) is 3.20. The zero-order valence-electron chi connectivity index (χ0n) is 14.6. The zero-order chi connectivity index (χ0) is 18.7. The fourth-order valence-corrected chi connectivity index (χ4v) is 4.78. The Morgan fingerprint density at radius 1 is 1.15 bits per heavy atom. The van der Waals surface area contributed by atoms with Gasteiger partial charge in [0.2, 0.25) is 15.9 Å². The number of hydrogen-bond acceptors (Lipinski definition) is 4. The molecule has 2 saturated heterocycles. The van der Waals surface area contributed by atoms with Crippen molar-refractivity contribution < 1.29 is 18.0 Å². The molecule has 0 radical (unpaired) electrons. The summed E-state index contributed by atoms with van der Waals surface area (Å²) in [6, 6.07) is 5.98. The lowest BCUT2D eigenvalue weighted by Gasteiger charge is -2.38. The maximum absolute atomic E-state index is 12.7. The second kappa shape index (κ2) is 7.59. The van der Waals surface area contributed by atoms with Gasteiger partial charge in [-0.3, -0.25) is 9.59 Å². The van der Waals surface area contributed by atoms with Gasteiger partial charge in [0.1, 0.15) is 0 Å². The summed E-state index contributed by atoms with van der Waals surface area (Å²) in [6.07, 6.45) is 4.24. The summed E-state index contributed by atoms with van der Waals surface area (Å²) in [4.78, 5) is 25.8. The summed E-state index contributed by atoms with van der Waals surface area (Å²) in [6.45, 7) is 5.23. The Morgan fingerprint density at radius 2 is 1.85 bits per heavy atom. The van der Waals surface area contributed by atoms with Gasteiger partial charge in [-0.1, -0.05) is 12.6 Å². The Hall–Kier alpha value is -2.19. The molecule has 0 aliphatic carbocycles. The lowest BCUT2D eigenvalue weighted by atomic mass is 10.1. The van der Waals surface area contributed by atoms with E-state index in [1.165, 1.54) is 16.4 Å². The first kappa shape index (κ1) is 18.6. The molecule has 2 amide bonds. The largest absolute Gasteiger partial charge is 0.347 e. The van der Waals surface area contributed by atoms with Gasteiger partial charge in [0.15, 0.2) is 0 Å². The monoisotopic (exact) mass is 377 g/mol. The number of carbonyl (C=O) groups is 2. The number of likely N-dealkylation sites (tertiary alicyclic amines) is 1. The lowest BCUT2D eigenvalue weighted by Crippen LogP contribution is -2.60. The molecule has 26 heavy (non-hydrogen) atoms. The Balaban J connectivity index is 1.70. The van der Waals surface area contributed by atoms with Gasteiger partial charge in [-0.25, -0.2) is 8.42 Å². The van der Waals surface area contributed by atoms with Gasteiger partial charge < -0.3 is 10.2 Å². The number of benzene rings is 1. The minimum absolute atomic E-state index is 0.105. The van der Waals surface area contributed by atoms with Crippen molar-refractivity contribution in [2.75, 3.05) is 26.2 Å². The second-order valence-electron chi connectivity index (χ2n) is 6.61. The first-order valence-electron chi connectivity index (χ1n) is 8.74. The minimum atomic E-state index is -3.68. The van der Waals surface area contributed by atoms with E-state index in [4.69, 9.17) is 0 Å². The number of hydrogen-bond donors (Lipinski definition) is 1. The van der Waals surface area contributed by atoms with Crippen LogP contribution in [0.4, 0.5) is 0 Å². The molecule has 2 aliphatic heterocycles. The van der Waals surface area contributed by atoms with E-state index >= 15 is 0 Å². The van der Waals surface area contributed by atoms with Crippen LogP contribution in [0.5, 0.6) is 0 Å². The topological polar surface area (TPSA) is 86.8 Å². The molecule has 1 N–H and O–H groups in total. The molecular formula is C18H23N3O4S. The van der Waals surface area contributed by atoms with Crippen molar-refractivity contribution >= 4 is 21.8 Å². The van der Waals surface area contributed by atoms with E-state index in [0.29, 0.717) is 18.7 Å². The van der Waals surface area contributed by atoms with Crippen molar-refractivity contribution in [3.05, 3.63) is 42.5 Å². The first-order chi connectivity index (χ1) is 12.4. The highest BCUT2D eigenvalue weighted by Crippen LogP contribution is 2.23. The molecule has 0 aromatic heterocycles. The van der Waals surface area contributed by atoms with E-state index in [-0.39, 0.29) is 35.8 Å². The normalized spacial score (nSPS) is 18.8. The van der Waals surface area contributed by atoms with Crippen LogP contribution in [0.1, 0.15) is 29.6 Å². The Kier molecular flexibility index (Phi) is 5.43. The van der Waals surface area contributed by atoms with E-state index < -0.39 is 10.0 Å². The number of amides is 2. The predicted molar refractivity (Wildman–Crippen MR) is 97.1 cm³/mol. The van der Waals surface area contributed by atoms with E-state index in [0.717, 1.165) is 25.3 Å². The molecule has 0 bridgehead atoms. The molecule has 2 aliphatic rings. The molecule has 1 aromatic rings. The van der Waals surface area contributed by atoms with Gasteiger partial charge in [0, 0.05) is 31.7 Å². The molecule has 0 saturated carbocycles. The van der Waals surface area contributed by atoms with E-state index in [9.17, 15) is 18.0 Å². The van der Waals surface area contributed by atoms with Crippen molar-refractivity contribution in [2.24, 2.45) is 0 Å². The number of rotatable bonds is 5. The molecule has 0 spiro atoms. The summed E-state index contributed by atoms with van der Waals surface area (Å²) in [7, 11) is -3.68. The van der Waals surface area contributed by atoms with Crippen LogP contribution in [0, 0.1) is 0 Å². The molecule has 2 heterocycles. The highest BCUT2D eigenvalue weighted by Gasteiger charge is 2.37. The maximum Gasteiger partial charge on any atom is 0.253 e. The summed E-state index contributed by atoms with van der Waals surface area (Å²) < 4.78 is 26.8. The standard InChI is InChI=1S/C18H23N3O4S/c1-2-17(22)19-15-12-21(13-15)26(24,25)16-8-6-7-14(11-16)18(23)20-9-4-3-5-10-20/h2,6-8,11,15H,1,3-5,9-10,12-13H2,(H,19,22). The minimum Gasteiger partial charge on any atom is -0.347 e. The SMILES string of the molecule is C=CC(=O)NC1CN(S(=O)(=O)c2cccc(C(=O)N3CCCCC3)c2)C1. The summed E-state index contributed by atoms with van der Waals surface area (Å²) in [5, 5.41) is 2.67. The smallest absolute Gasteiger partial charge is 0.253 e. The van der Waals surface area contributed by atoms with Gasteiger partial charge in [0.25, 0.3) is 5.91 Å². The lowest BCUT2D eigenvalue weighted by molar-refractivity contribution is -0.117. The number of nitrogens with zero attached hydrogens (tertiary/aromatic N) is 2. The van der Waals surface area contributed by atoms with Crippen LogP contribution in [0.2, 0.25) is 0 Å². The second-order valence-corrected chi connectivity index (χ2v) is 8.55. The highest BCUT2D eigenvalue weighted by atomic mass is 32.2. The molecular weight excluding hydrogens is 354 g/mol. The van der Waals surface area contributed by atoms with Crippen molar-refractivity contribution in [1.82, 2.24) is 14.5 Å². The molecule has 140 valence electrons. The molecule has 3 rings (SSSR count). The van der Waals surface area contributed by atoms with Gasteiger partial charge in [0.05, 0.1) is 10.9 Å². The molecule has 2 fully saturated rings. The van der Waals surface area contributed by atoms with Crippen LogP contribution in [0.15, 0.2) is 41.8 Å². The molecule has 8 heteroatoms. The quantitative estimate of drug-likeness (QED) is 0.775. The average molecular weight is 377 g/mol. The van der Waals surface area contributed by atoms with E-state index in [1.807, 2.05) is 0 Å². The van der Waals surface area contributed by atoms with Gasteiger partial charge in [-0.05, 0) is 43.5 Å². The van der Waals surface area contributed by atoms with Gasteiger partial charge in [-0.15, -0.1) is 0 Å². The highest BCUT2D eigenvalue weighted by molar-refractivity contribution is 7.89. The summed E-state index contributed by atoms with van der Waals surface area (Å²) in [5.74, 6) is -0.442. The van der Waals surface area contributed by atoms with Gasteiger partial charge in [-0.2, -0.15) is 4.31 Å². The van der Waals surface area contributed by atoms with Gasteiger partial charge >= 0.3 is 0 Å². The fraction of sp³-hybridized carbons (Fsp3) is 0.444. The van der Waals surface area contributed by atoms with Crippen LogP contribution in [0.3, 0.4) is 0 Å². The Bertz CT molecular complexity index is 809. The molecule has 1 aromatic carbocycles. The summed E-state index contributed by atoms with van der Waals surface area (Å²) >= 11 is 0. The van der Waals surface area contributed by atoms with E-state index in [2.05, 4.69) is 11.9 Å². The third-order valence-electron chi connectivity index (χ3n) is 4.74. The van der Waals surface area contributed by atoms with E-state index in [1.54, 1.807) is 17.0 Å². The van der Waals surface area contributed by atoms with Crippen molar-refractivity contribution in [3.8, 4) is 0 Å². The predicted octanol–water partition coefficient (Wildman–Crippen LogP) is 0.988. The molecule has 0 unspecified atom stereocenters. The average Bonchev–Trinajstić information content (AvgIpc) is 2.64. The zero-order valence-corrected chi connectivity index (χ0v) is 15.4. The van der Waals surface area contributed by atoms with Crippen LogP contribution in [-0.2, 0) is 14.8 Å². The van der Waals surface area contributed by atoms with Crippen LogP contribution >= 0.6 is 0 Å². The Labute approximate surface area is 153 Å². The number of piperidine rings is 1. The third-order valence-corrected chi connectivity index (χ3v) is 6.57. The van der Waals surface area contributed by atoms with Crippen molar-refractivity contribution in [1.29, 1.82) is 0 Å². The number of carbonyl (C=O) groups excluding carboxylic acids is 2. The van der Waals surface area contributed by atoms with Crippen LogP contribution in [0.25, 0.3) is 0 Å². The molecule has 7 nitrogen and oxygen atoms in total. The van der Waals surface area contributed by atoms with Crippen LogP contribution < -0.4 is 5.32 Å². The van der Waals surface area contributed by atoms with Crippen LogP contribution in [-0.4, -0.2) is 61.7 Å².